The van der Waals surface area contributed by atoms with E-state index >= 15 is 0 Å². The molecule has 2 aromatic rings. The molecule has 0 unspecified atom stereocenters. The van der Waals surface area contributed by atoms with Crippen molar-refractivity contribution in [1.29, 1.82) is 0 Å². The van der Waals surface area contributed by atoms with Crippen molar-refractivity contribution >= 4 is 17.4 Å². The van der Waals surface area contributed by atoms with Crippen LogP contribution in [0.3, 0.4) is 0 Å². The second kappa shape index (κ2) is 6.41. The van der Waals surface area contributed by atoms with Gasteiger partial charge in [-0.3, -0.25) is 14.9 Å². The standard InChI is InChI=1S/C11H12N6O4/c1-12-10-8(4-7(5-14-10)17(19)20)11(18)13-3-2-9-15-6-21-16-9/h4-6H,2-3H2,1H3,(H,12,14)(H,13,18). The van der Waals surface area contributed by atoms with E-state index in [4.69, 9.17) is 0 Å². The smallest absolute Gasteiger partial charge is 0.288 e. The van der Waals surface area contributed by atoms with Gasteiger partial charge in [0.25, 0.3) is 11.6 Å². The van der Waals surface area contributed by atoms with Gasteiger partial charge in [0.2, 0.25) is 6.39 Å². The van der Waals surface area contributed by atoms with Gasteiger partial charge in [-0.05, 0) is 0 Å². The summed E-state index contributed by atoms with van der Waals surface area (Å²) in [5.74, 6) is 0.248. The summed E-state index contributed by atoms with van der Waals surface area (Å²) < 4.78 is 4.57. The van der Waals surface area contributed by atoms with E-state index in [0.717, 1.165) is 6.20 Å². The third kappa shape index (κ3) is 3.49. The molecule has 0 fully saturated rings. The number of aromatic nitrogens is 3. The van der Waals surface area contributed by atoms with Gasteiger partial charge in [-0.2, -0.15) is 4.98 Å². The predicted octanol–water partition coefficient (Wildman–Crippen LogP) is 0.387. The minimum Gasteiger partial charge on any atom is -0.372 e. The summed E-state index contributed by atoms with van der Waals surface area (Å²) in [4.78, 5) is 29.8. The molecule has 10 heteroatoms. The van der Waals surface area contributed by atoms with E-state index in [9.17, 15) is 14.9 Å². The Balaban J connectivity index is 2.06. The van der Waals surface area contributed by atoms with Crippen molar-refractivity contribution in [1.82, 2.24) is 20.4 Å². The molecule has 2 aromatic heterocycles. The van der Waals surface area contributed by atoms with Gasteiger partial charge in [0, 0.05) is 26.1 Å². The molecular formula is C11H12N6O4. The summed E-state index contributed by atoms with van der Waals surface area (Å²) in [5, 5.41) is 19.7. The third-order valence-electron chi connectivity index (χ3n) is 2.61. The summed E-state index contributed by atoms with van der Waals surface area (Å²) in [6, 6.07) is 1.17. The van der Waals surface area contributed by atoms with E-state index in [-0.39, 0.29) is 23.6 Å². The van der Waals surface area contributed by atoms with Crippen LogP contribution in [0.5, 0.6) is 0 Å². The van der Waals surface area contributed by atoms with Crippen molar-refractivity contribution in [3.8, 4) is 0 Å². The van der Waals surface area contributed by atoms with Crippen LogP contribution >= 0.6 is 0 Å². The Hall–Kier alpha value is -3.04. The number of carbonyl (C=O) groups is 1. The molecule has 0 aliphatic rings. The molecule has 21 heavy (non-hydrogen) atoms. The van der Waals surface area contributed by atoms with Crippen LogP contribution in [0.15, 0.2) is 23.2 Å². The molecule has 0 aliphatic heterocycles. The highest BCUT2D eigenvalue weighted by atomic mass is 16.6. The van der Waals surface area contributed by atoms with E-state index in [1.807, 2.05) is 0 Å². The number of rotatable bonds is 6. The molecule has 2 rings (SSSR count). The zero-order valence-electron chi connectivity index (χ0n) is 11.1. The zero-order valence-corrected chi connectivity index (χ0v) is 11.1. The van der Waals surface area contributed by atoms with Gasteiger partial charge in [0.15, 0.2) is 5.82 Å². The number of pyridine rings is 1. The second-order valence-electron chi connectivity index (χ2n) is 3.95. The van der Waals surface area contributed by atoms with Crippen LogP contribution in [0.25, 0.3) is 0 Å². The molecule has 0 saturated heterocycles. The quantitative estimate of drug-likeness (QED) is 0.576. The lowest BCUT2D eigenvalue weighted by Gasteiger charge is -2.08. The average Bonchev–Trinajstić information content (AvgIpc) is 2.99. The first-order valence-corrected chi connectivity index (χ1v) is 5.97. The highest BCUT2D eigenvalue weighted by Gasteiger charge is 2.17. The van der Waals surface area contributed by atoms with Gasteiger partial charge in [-0.1, -0.05) is 5.16 Å². The van der Waals surface area contributed by atoms with E-state index in [1.165, 1.54) is 12.5 Å². The molecular weight excluding hydrogens is 280 g/mol. The molecule has 2 N–H and O–H groups in total. The van der Waals surface area contributed by atoms with Crippen molar-refractivity contribution in [3.63, 3.8) is 0 Å². The van der Waals surface area contributed by atoms with Crippen LogP contribution in [0.4, 0.5) is 11.5 Å². The number of nitrogens with one attached hydrogen (secondary N) is 2. The number of nitrogens with zero attached hydrogens (tertiary/aromatic N) is 4. The predicted molar refractivity (Wildman–Crippen MR) is 70.8 cm³/mol. The van der Waals surface area contributed by atoms with E-state index in [2.05, 4.69) is 30.3 Å². The number of amides is 1. The van der Waals surface area contributed by atoms with Gasteiger partial charge in [0.1, 0.15) is 12.0 Å². The Labute approximate surface area is 118 Å². The molecule has 2 heterocycles. The first-order valence-electron chi connectivity index (χ1n) is 5.97. The lowest BCUT2D eigenvalue weighted by atomic mass is 10.2. The Bertz CT molecular complexity index is 642. The largest absolute Gasteiger partial charge is 0.372 e. The molecule has 0 saturated carbocycles. The first kappa shape index (κ1) is 14.4. The average molecular weight is 292 g/mol. The van der Waals surface area contributed by atoms with Crippen molar-refractivity contribution in [2.75, 3.05) is 18.9 Å². The lowest BCUT2D eigenvalue weighted by Crippen LogP contribution is -2.27. The second-order valence-corrected chi connectivity index (χ2v) is 3.95. The fourth-order valence-corrected chi connectivity index (χ4v) is 1.61. The van der Waals surface area contributed by atoms with E-state index in [0.29, 0.717) is 12.2 Å². The fraction of sp³-hybridized carbons (Fsp3) is 0.273. The molecule has 0 atom stereocenters. The van der Waals surface area contributed by atoms with Crippen molar-refractivity contribution in [2.45, 2.75) is 6.42 Å². The number of anilines is 1. The lowest BCUT2D eigenvalue weighted by molar-refractivity contribution is -0.385. The van der Waals surface area contributed by atoms with Gasteiger partial charge in [-0.15, -0.1) is 0 Å². The summed E-state index contributed by atoms with van der Waals surface area (Å²) in [5.41, 5.74) is -0.155. The Morgan fingerprint density at radius 3 is 2.90 bits per heavy atom. The van der Waals surface area contributed by atoms with Crippen molar-refractivity contribution in [3.05, 3.63) is 40.2 Å². The molecule has 0 aromatic carbocycles. The van der Waals surface area contributed by atoms with E-state index in [1.54, 1.807) is 7.05 Å². The molecule has 1 amide bonds. The Morgan fingerprint density at radius 2 is 2.29 bits per heavy atom. The molecule has 0 spiro atoms. The summed E-state index contributed by atoms with van der Waals surface area (Å²) in [6.07, 6.45) is 2.67. The molecule has 110 valence electrons. The summed E-state index contributed by atoms with van der Waals surface area (Å²) in [6.45, 7) is 0.268. The maximum absolute atomic E-state index is 12.0. The van der Waals surface area contributed by atoms with Crippen LogP contribution < -0.4 is 10.6 Å². The zero-order chi connectivity index (χ0) is 15.2. The fourth-order valence-electron chi connectivity index (χ4n) is 1.61. The summed E-state index contributed by atoms with van der Waals surface area (Å²) in [7, 11) is 1.57. The third-order valence-corrected chi connectivity index (χ3v) is 2.61. The highest BCUT2D eigenvalue weighted by molar-refractivity contribution is 5.99. The first-order chi connectivity index (χ1) is 10.1. The van der Waals surface area contributed by atoms with Gasteiger partial charge in [-0.25, -0.2) is 4.98 Å². The number of hydrogen-bond acceptors (Lipinski definition) is 8. The molecule has 0 bridgehead atoms. The Kier molecular flexibility index (Phi) is 4.39. The molecule has 0 aliphatic carbocycles. The summed E-state index contributed by atoms with van der Waals surface area (Å²) >= 11 is 0. The van der Waals surface area contributed by atoms with Crippen LogP contribution in [-0.4, -0.2) is 39.5 Å². The number of nitro groups is 1. The van der Waals surface area contributed by atoms with Crippen LogP contribution in [-0.2, 0) is 6.42 Å². The number of hydrogen-bond donors (Lipinski definition) is 2. The minimum absolute atomic E-state index is 0.0970. The van der Waals surface area contributed by atoms with Gasteiger partial charge < -0.3 is 15.2 Å². The Morgan fingerprint density at radius 1 is 1.48 bits per heavy atom. The van der Waals surface area contributed by atoms with Crippen LogP contribution in [0.1, 0.15) is 16.2 Å². The normalized spacial score (nSPS) is 10.1. The molecule has 0 radical (unpaired) electrons. The number of carbonyl (C=O) groups excluding carboxylic acids is 1. The maximum atomic E-state index is 12.0. The minimum atomic E-state index is -0.609. The van der Waals surface area contributed by atoms with Crippen LogP contribution in [0.2, 0.25) is 0 Å². The monoisotopic (exact) mass is 292 g/mol. The van der Waals surface area contributed by atoms with Gasteiger partial charge in [0.05, 0.1) is 10.5 Å². The van der Waals surface area contributed by atoms with Gasteiger partial charge >= 0.3 is 0 Å². The highest BCUT2D eigenvalue weighted by Crippen LogP contribution is 2.18. The topological polar surface area (TPSA) is 136 Å². The molecule has 10 nitrogen and oxygen atoms in total. The van der Waals surface area contributed by atoms with E-state index < -0.39 is 10.8 Å². The SMILES string of the molecule is CNc1ncc([N+](=O)[O-])cc1C(=O)NCCc1ncon1. The van der Waals surface area contributed by atoms with Crippen molar-refractivity contribution in [2.24, 2.45) is 0 Å². The maximum Gasteiger partial charge on any atom is 0.288 e. The van der Waals surface area contributed by atoms with Crippen LogP contribution in [0, 0.1) is 10.1 Å². The van der Waals surface area contributed by atoms with Crippen molar-refractivity contribution < 1.29 is 14.2 Å².